The summed E-state index contributed by atoms with van der Waals surface area (Å²) < 4.78 is 17.6. The highest BCUT2D eigenvalue weighted by molar-refractivity contribution is 6.70. The maximum atomic E-state index is 6.14. The molecule has 0 fully saturated rings. The van der Waals surface area contributed by atoms with Crippen LogP contribution in [0, 0.1) is 0 Å². The Morgan fingerprint density at radius 3 is 1.90 bits per heavy atom. The van der Waals surface area contributed by atoms with Gasteiger partial charge in [-0.1, -0.05) is 36.4 Å². The van der Waals surface area contributed by atoms with Crippen molar-refractivity contribution in [2.24, 2.45) is 0 Å². The van der Waals surface area contributed by atoms with E-state index in [1.807, 2.05) is 57.2 Å². The second-order valence-corrected chi connectivity index (χ2v) is 6.96. The van der Waals surface area contributed by atoms with E-state index in [1.165, 1.54) is 0 Å². The first kappa shape index (κ1) is 17.4. The summed E-state index contributed by atoms with van der Waals surface area (Å²) >= 11 is 6.14. The van der Waals surface area contributed by atoms with E-state index in [1.54, 1.807) is 0 Å². The highest BCUT2D eigenvalue weighted by Gasteiger charge is 2.44. The van der Waals surface area contributed by atoms with Crippen LogP contribution in [0.4, 0.5) is 0 Å². The zero-order valence-corrected chi connectivity index (χ0v) is 14.2. The SMILES string of the molecule is CCO[Si](OCC)(OCC)C(=Cc1ccccc1)CCl. The Balaban J connectivity index is 3.15. The van der Waals surface area contributed by atoms with E-state index in [4.69, 9.17) is 24.9 Å². The number of benzene rings is 1. The van der Waals surface area contributed by atoms with Crippen molar-refractivity contribution in [1.29, 1.82) is 0 Å². The largest absolute Gasteiger partial charge is 0.534 e. The Morgan fingerprint density at radius 1 is 1.00 bits per heavy atom. The van der Waals surface area contributed by atoms with Crippen LogP contribution in [0.25, 0.3) is 6.08 Å². The molecule has 0 atom stereocenters. The summed E-state index contributed by atoms with van der Waals surface area (Å²) in [5, 5.41) is 0.899. The second kappa shape index (κ2) is 9.31. The Labute approximate surface area is 127 Å². The van der Waals surface area contributed by atoms with Gasteiger partial charge in [0.05, 0.1) is 0 Å². The summed E-state index contributed by atoms with van der Waals surface area (Å²) in [4.78, 5) is 0. The molecule has 0 saturated carbocycles. The summed E-state index contributed by atoms with van der Waals surface area (Å²) in [6.45, 7) is 7.43. The number of hydrogen-bond donors (Lipinski definition) is 0. The highest BCUT2D eigenvalue weighted by Crippen LogP contribution is 2.24. The molecule has 1 aromatic rings. The van der Waals surface area contributed by atoms with Crippen LogP contribution in [0.1, 0.15) is 26.3 Å². The van der Waals surface area contributed by atoms with Crippen LogP contribution in [-0.4, -0.2) is 34.5 Å². The number of halogens is 1. The molecule has 0 heterocycles. The fraction of sp³-hybridized carbons (Fsp3) is 0.467. The van der Waals surface area contributed by atoms with Crippen LogP contribution in [0.3, 0.4) is 0 Å². The summed E-state index contributed by atoms with van der Waals surface area (Å²) in [5.41, 5.74) is 1.07. The molecule has 1 aromatic carbocycles. The number of hydrogen-bond acceptors (Lipinski definition) is 3. The van der Waals surface area contributed by atoms with Crippen molar-refractivity contribution in [1.82, 2.24) is 0 Å². The molecular formula is C15H23ClO3Si. The Morgan fingerprint density at radius 2 is 1.50 bits per heavy atom. The molecule has 0 aliphatic carbocycles. The van der Waals surface area contributed by atoms with Gasteiger partial charge in [0.25, 0.3) is 0 Å². The lowest BCUT2D eigenvalue weighted by atomic mass is 10.2. The van der Waals surface area contributed by atoms with Crippen molar-refractivity contribution in [2.45, 2.75) is 20.8 Å². The minimum Gasteiger partial charge on any atom is -0.370 e. The predicted octanol–water partition coefficient (Wildman–Crippen LogP) is 3.90. The smallest absolute Gasteiger partial charge is 0.370 e. The zero-order valence-electron chi connectivity index (χ0n) is 12.4. The van der Waals surface area contributed by atoms with E-state index in [2.05, 4.69) is 0 Å². The predicted molar refractivity (Wildman–Crippen MR) is 85.8 cm³/mol. The molecular weight excluding hydrogens is 292 g/mol. The Hall–Kier alpha value is -0.653. The highest BCUT2D eigenvalue weighted by atomic mass is 35.5. The topological polar surface area (TPSA) is 27.7 Å². The van der Waals surface area contributed by atoms with Gasteiger partial charge in [-0.25, -0.2) is 0 Å². The van der Waals surface area contributed by atoms with Crippen LogP contribution in [0.15, 0.2) is 35.5 Å². The average molecular weight is 315 g/mol. The van der Waals surface area contributed by atoms with Gasteiger partial charge in [0.15, 0.2) is 0 Å². The van der Waals surface area contributed by atoms with Crippen molar-refractivity contribution in [3.8, 4) is 0 Å². The number of alkyl halides is 1. The van der Waals surface area contributed by atoms with Crippen molar-refractivity contribution >= 4 is 26.5 Å². The summed E-state index contributed by atoms with van der Waals surface area (Å²) in [6.07, 6.45) is 2.01. The van der Waals surface area contributed by atoms with Crippen LogP contribution in [-0.2, 0) is 13.3 Å². The first-order chi connectivity index (χ1) is 9.72. The molecule has 0 aliphatic rings. The van der Waals surface area contributed by atoms with Crippen LogP contribution >= 0.6 is 11.6 Å². The van der Waals surface area contributed by atoms with E-state index in [-0.39, 0.29) is 0 Å². The third-order valence-corrected chi connectivity index (χ3v) is 6.31. The van der Waals surface area contributed by atoms with Gasteiger partial charge in [-0.2, -0.15) is 0 Å². The van der Waals surface area contributed by atoms with Crippen molar-refractivity contribution in [3.63, 3.8) is 0 Å². The molecule has 20 heavy (non-hydrogen) atoms. The zero-order chi connectivity index (χ0) is 14.8. The molecule has 0 aliphatic heterocycles. The third-order valence-electron chi connectivity index (χ3n) is 2.68. The molecule has 0 amide bonds. The molecule has 1 rings (SSSR count). The quantitative estimate of drug-likeness (QED) is 0.511. The number of allylic oxidation sites excluding steroid dienone is 1. The monoisotopic (exact) mass is 314 g/mol. The van der Waals surface area contributed by atoms with Crippen molar-refractivity contribution in [3.05, 3.63) is 41.1 Å². The summed E-state index contributed by atoms with van der Waals surface area (Å²) in [5.74, 6) is 0.334. The van der Waals surface area contributed by atoms with Crippen molar-refractivity contribution in [2.75, 3.05) is 25.7 Å². The van der Waals surface area contributed by atoms with Gasteiger partial charge >= 0.3 is 8.80 Å². The molecule has 0 spiro atoms. The maximum absolute atomic E-state index is 6.14. The van der Waals surface area contributed by atoms with Gasteiger partial charge in [-0.05, 0) is 26.3 Å². The normalized spacial score (nSPS) is 12.7. The molecule has 0 N–H and O–H groups in total. The van der Waals surface area contributed by atoms with Crippen LogP contribution in [0.5, 0.6) is 0 Å². The van der Waals surface area contributed by atoms with Gasteiger partial charge in [0.1, 0.15) is 0 Å². The fourth-order valence-electron chi connectivity index (χ4n) is 1.93. The van der Waals surface area contributed by atoms with Gasteiger partial charge < -0.3 is 13.3 Å². The van der Waals surface area contributed by atoms with E-state index in [0.717, 1.165) is 10.8 Å². The molecule has 0 radical (unpaired) electrons. The van der Waals surface area contributed by atoms with Crippen molar-refractivity contribution < 1.29 is 13.3 Å². The molecule has 112 valence electrons. The molecule has 0 unspecified atom stereocenters. The minimum atomic E-state index is -2.88. The fourth-order valence-corrected chi connectivity index (χ4v) is 4.95. The van der Waals surface area contributed by atoms with E-state index in [9.17, 15) is 0 Å². The Bertz CT molecular complexity index is 392. The molecule has 0 saturated heterocycles. The molecule has 0 bridgehead atoms. The second-order valence-electron chi connectivity index (χ2n) is 4.07. The summed E-state index contributed by atoms with van der Waals surface area (Å²) in [6, 6.07) is 10.0. The summed E-state index contributed by atoms with van der Waals surface area (Å²) in [7, 11) is -2.88. The third kappa shape index (κ3) is 4.72. The van der Waals surface area contributed by atoms with Gasteiger partial charge in [0.2, 0.25) is 0 Å². The molecule has 5 heteroatoms. The van der Waals surface area contributed by atoms with Gasteiger partial charge in [-0.3, -0.25) is 0 Å². The van der Waals surface area contributed by atoms with E-state index < -0.39 is 8.80 Å². The lowest BCUT2D eigenvalue weighted by molar-refractivity contribution is 0.0812. The van der Waals surface area contributed by atoms with Crippen LogP contribution < -0.4 is 0 Å². The molecule has 3 nitrogen and oxygen atoms in total. The van der Waals surface area contributed by atoms with E-state index in [0.29, 0.717) is 25.7 Å². The number of rotatable bonds is 9. The van der Waals surface area contributed by atoms with E-state index >= 15 is 0 Å². The van der Waals surface area contributed by atoms with Gasteiger partial charge in [0, 0.05) is 30.9 Å². The first-order valence-corrected chi connectivity index (χ1v) is 9.22. The van der Waals surface area contributed by atoms with Crippen LogP contribution in [0.2, 0.25) is 0 Å². The minimum absolute atomic E-state index is 0.334. The lowest BCUT2D eigenvalue weighted by Gasteiger charge is -2.29. The lowest BCUT2D eigenvalue weighted by Crippen LogP contribution is -2.49. The first-order valence-electron chi connectivity index (χ1n) is 6.96. The molecule has 0 aromatic heterocycles. The standard InChI is InChI=1S/C15H23ClO3Si/c1-4-17-20(18-5-2,19-6-3)15(13-16)12-14-10-8-7-9-11-14/h7-12H,4-6,13H2,1-3H3. The maximum Gasteiger partial charge on any atom is 0.534 e. The Kier molecular flexibility index (Phi) is 8.10. The average Bonchev–Trinajstić information content (AvgIpc) is 2.46. The van der Waals surface area contributed by atoms with Gasteiger partial charge in [-0.15, -0.1) is 11.6 Å².